The van der Waals surface area contributed by atoms with Crippen LogP contribution in [0.5, 0.6) is 0 Å². The number of hydrogen-bond acceptors (Lipinski definition) is 6. The van der Waals surface area contributed by atoms with Gasteiger partial charge in [0.1, 0.15) is 5.69 Å². The van der Waals surface area contributed by atoms with Gasteiger partial charge >= 0.3 is 0 Å². The van der Waals surface area contributed by atoms with E-state index in [1.165, 1.54) is 25.5 Å². The third-order valence-corrected chi connectivity index (χ3v) is 2.88. The molecular formula is C10H10N4O2S. The van der Waals surface area contributed by atoms with E-state index in [1.807, 2.05) is 0 Å². The van der Waals surface area contributed by atoms with Crippen molar-refractivity contribution < 1.29 is 9.63 Å². The molecule has 17 heavy (non-hydrogen) atoms. The van der Waals surface area contributed by atoms with Gasteiger partial charge < -0.3 is 0 Å². The van der Waals surface area contributed by atoms with Gasteiger partial charge in [-0.25, -0.2) is 20.0 Å². The molecule has 0 N–H and O–H groups in total. The van der Waals surface area contributed by atoms with Crippen molar-refractivity contribution in [1.29, 1.82) is 0 Å². The lowest BCUT2D eigenvalue weighted by molar-refractivity contribution is -0.0760. The molecule has 1 amide bonds. The first-order chi connectivity index (χ1) is 8.22. The Morgan fingerprint density at radius 2 is 2.12 bits per heavy atom. The number of hydrogen-bond donors (Lipinski definition) is 0. The Labute approximate surface area is 102 Å². The molecule has 0 saturated heterocycles. The van der Waals surface area contributed by atoms with Crippen LogP contribution in [0.15, 0.2) is 23.8 Å². The average Bonchev–Trinajstić information content (AvgIpc) is 2.87. The molecule has 0 atom stereocenters. The Kier molecular flexibility index (Phi) is 3.40. The standard InChI is InChI=1S/C10H10N4O2S/c1-14(16-2)10(15)7-6-17-9(13-7)8-11-4-3-5-12-8/h3-6H,1-2H3. The highest BCUT2D eigenvalue weighted by Crippen LogP contribution is 2.20. The van der Waals surface area contributed by atoms with Gasteiger partial charge in [-0.3, -0.25) is 9.63 Å². The fraction of sp³-hybridized carbons (Fsp3) is 0.200. The predicted molar refractivity (Wildman–Crippen MR) is 62.2 cm³/mol. The minimum Gasteiger partial charge on any atom is -0.274 e. The SMILES string of the molecule is CON(C)C(=O)c1csc(-c2ncccn2)n1. The quantitative estimate of drug-likeness (QED) is 0.766. The van der Waals surface area contributed by atoms with E-state index in [0.29, 0.717) is 16.5 Å². The molecule has 0 radical (unpaired) electrons. The minimum absolute atomic E-state index is 0.300. The molecule has 6 nitrogen and oxygen atoms in total. The summed E-state index contributed by atoms with van der Waals surface area (Å²) in [4.78, 5) is 28.8. The van der Waals surface area contributed by atoms with Crippen molar-refractivity contribution in [1.82, 2.24) is 20.0 Å². The van der Waals surface area contributed by atoms with Crippen LogP contribution in [-0.4, -0.2) is 40.1 Å². The van der Waals surface area contributed by atoms with Crippen LogP contribution in [0.4, 0.5) is 0 Å². The number of carbonyl (C=O) groups is 1. The zero-order valence-corrected chi connectivity index (χ0v) is 10.1. The maximum atomic E-state index is 11.7. The van der Waals surface area contributed by atoms with Crippen molar-refractivity contribution in [3.8, 4) is 10.8 Å². The van der Waals surface area contributed by atoms with Gasteiger partial charge in [0.25, 0.3) is 5.91 Å². The van der Waals surface area contributed by atoms with Crippen LogP contribution in [0.25, 0.3) is 10.8 Å². The Hall–Kier alpha value is -1.86. The van der Waals surface area contributed by atoms with Gasteiger partial charge in [-0.15, -0.1) is 11.3 Å². The van der Waals surface area contributed by atoms with Crippen molar-refractivity contribution in [3.05, 3.63) is 29.5 Å². The molecule has 0 aliphatic rings. The third kappa shape index (κ3) is 2.45. The van der Waals surface area contributed by atoms with Gasteiger partial charge in [-0.2, -0.15) is 0 Å². The molecule has 0 aliphatic carbocycles. The topological polar surface area (TPSA) is 68.2 Å². The zero-order valence-electron chi connectivity index (χ0n) is 9.32. The first-order valence-corrected chi connectivity index (χ1v) is 5.65. The normalized spacial score (nSPS) is 10.2. The highest BCUT2D eigenvalue weighted by atomic mass is 32.1. The molecule has 0 aromatic carbocycles. The molecule has 0 fully saturated rings. The van der Waals surface area contributed by atoms with E-state index in [2.05, 4.69) is 15.0 Å². The largest absolute Gasteiger partial charge is 0.296 e. The maximum Gasteiger partial charge on any atom is 0.296 e. The molecular weight excluding hydrogens is 240 g/mol. The lowest BCUT2D eigenvalue weighted by atomic mass is 10.4. The molecule has 0 bridgehead atoms. The molecule has 7 heteroatoms. The van der Waals surface area contributed by atoms with Gasteiger partial charge in [-0.05, 0) is 6.07 Å². The Morgan fingerprint density at radius 1 is 1.41 bits per heavy atom. The maximum absolute atomic E-state index is 11.7. The second-order valence-corrected chi connectivity index (χ2v) is 3.95. The van der Waals surface area contributed by atoms with E-state index in [-0.39, 0.29) is 5.91 Å². The first kappa shape index (κ1) is 11.6. The predicted octanol–water partition coefficient (Wildman–Crippen LogP) is 1.23. The van der Waals surface area contributed by atoms with Crippen molar-refractivity contribution in [2.24, 2.45) is 0 Å². The van der Waals surface area contributed by atoms with Crippen LogP contribution in [0.2, 0.25) is 0 Å². The highest BCUT2D eigenvalue weighted by Gasteiger charge is 2.16. The van der Waals surface area contributed by atoms with Crippen LogP contribution in [-0.2, 0) is 4.84 Å². The van der Waals surface area contributed by atoms with Crippen LogP contribution in [0, 0.1) is 0 Å². The minimum atomic E-state index is -0.300. The van der Waals surface area contributed by atoms with E-state index in [1.54, 1.807) is 23.8 Å². The first-order valence-electron chi connectivity index (χ1n) is 4.77. The van der Waals surface area contributed by atoms with E-state index in [9.17, 15) is 4.79 Å². The number of aromatic nitrogens is 3. The summed E-state index contributed by atoms with van der Waals surface area (Å²) in [6.07, 6.45) is 3.26. The van der Waals surface area contributed by atoms with Crippen LogP contribution < -0.4 is 0 Å². The molecule has 0 spiro atoms. The number of hydroxylamine groups is 2. The highest BCUT2D eigenvalue weighted by molar-refractivity contribution is 7.13. The second-order valence-electron chi connectivity index (χ2n) is 3.10. The molecule has 0 aliphatic heterocycles. The van der Waals surface area contributed by atoms with Gasteiger partial charge in [0.15, 0.2) is 10.8 Å². The Balaban J connectivity index is 2.25. The average molecular weight is 250 g/mol. The summed E-state index contributed by atoms with van der Waals surface area (Å²) in [7, 11) is 2.95. The van der Waals surface area contributed by atoms with Crippen molar-refractivity contribution in [3.63, 3.8) is 0 Å². The smallest absolute Gasteiger partial charge is 0.274 e. The zero-order chi connectivity index (χ0) is 12.3. The number of thiazole rings is 1. The summed E-state index contributed by atoms with van der Waals surface area (Å²) in [6.45, 7) is 0. The Bertz CT molecular complexity index is 514. The van der Waals surface area contributed by atoms with Gasteiger partial charge in [0.05, 0.1) is 7.11 Å². The van der Waals surface area contributed by atoms with Gasteiger partial charge in [0, 0.05) is 24.8 Å². The fourth-order valence-electron chi connectivity index (χ4n) is 1.13. The van der Waals surface area contributed by atoms with E-state index in [4.69, 9.17) is 4.84 Å². The summed E-state index contributed by atoms with van der Waals surface area (Å²) >= 11 is 1.32. The van der Waals surface area contributed by atoms with Crippen molar-refractivity contribution >= 4 is 17.2 Å². The molecule has 88 valence electrons. The van der Waals surface area contributed by atoms with Crippen LogP contribution in [0.1, 0.15) is 10.5 Å². The number of nitrogens with zero attached hydrogens (tertiary/aromatic N) is 4. The molecule has 2 aromatic heterocycles. The summed E-state index contributed by atoms with van der Waals surface area (Å²) in [5, 5.41) is 3.38. The Morgan fingerprint density at radius 3 is 2.76 bits per heavy atom. The monoisotopic (exact) mass is 250 g/mol. The van der Waals surface area contributed by atoms with Gasteiger partial charge in [-0.1, -0.05) is 0 Å². The molecule has 2 rings (SSSR count). The number of amides is 1. The van der Waals surface area contributed by atoms with E-state index >= 15 is 0 Å². The molecule has 0 unspecified atom stereocenters. The summed E-state index contributed by atoms with van der Waals surface area (Å²) in [6, 6.07) is 1.72. The lowest BCUT2D eigenvalue weighted by Crippen LogP contribution is -2.25. The summed E-state index contributed by atoms with van der Waals surface area (Å²) in [5.41, 5.74) is 0.321. The molecule has 2 aromatic rings. The molecule has 0 saturated carbocycles. The number of rotatable bonds is 3. The second kappa shape index (κ2) is 4.98. The van der Waals surface area contributed by atoms with Gasteiger partial charge in [0.2, 0.25) is 0 Å². The van der Waals surface area contributed by atoms with E-state index < -0.39 is 0 Å². The lowest BCUT2D eigenvalue weighted by Gasteiger charge is -2.10. The van der Waals surface area contributed by atoms with Crippen molar-refractivity contribution in [2.75, 3.05) is 14.2 Å². The molecule has 2 heterocycles. The fourth-order valence-corrected chi connectivity index (χ4v) is 1.87. The summed E-state index contributed by atoms with van der Waals surface area (Å²) in [5.74, 6) is 0.211. The van der Waals surface area contributed by atoms with Crippen LogP contribution in [0.3, 0.4) is 0 Å². The summed E-state index contributed by atoms with van der Waals surface area (Å²) < 4.78 is 0. The third-order valence-electron chi connectivity index (χ3n) is 2.04. The number of carbonyl (C=O) groups excluding carboxylic acids is 1. The van der Waals surface area contributed by atoms with E-state index in [0.717, 1.165) is 5.06 Å². The van der Waals surface area contributed by atoms with Crippen molar-refractivity contribution in [2.45, 2.75) is 0 Å². The van der Waals surface area contributed by atoms with Crippen LogP contribution >= 0.6 is 11.3 Å².